The summed E-state index contributed by atoms with van der Waals surface area (Å²) in [5.74, 6) is -0.282. The second kappa shape index (κ2) is 5.29. The predicted octanol–water partition coefficient (Wildman–Crippen LogP) is 2.52. The number of fused-ring (bicyclic) bond motifs is 1. The van der Waals surface area contributed by atoms with E-state index in [2.05, 4.69) is 0 Å². The van der Waals surface area contributed by atoms with Crippen molar-refractivity contribution in [3.05, 3.63) is 33.9 Å². The minimum absolute atomic E-state index is 0.0527. The van der Waals surface area contributed by atoms with Crippen molar-refractivity contribution in [1.29, 1.82) is 0 Å². The third-order valence-electron chi connectivity index (χ3n) is 5.66. The summed E-state index contributed by atoms with van der Waals surface area (Å²) < 4.78 is 4.79. The molecule has 24 heavy (non-hydrogen) atoms. The first-order valence-corrected chi connectivity index (χ1v) is 8.21. The van der Waals surface area contributed by atoms with Gasteiger partial charge in [0.05, 0.1) is 13.2 Å². The highest BCUT2D eigenvalue weighted by Gasteiger charge is 2.65. The van der Waals surface area contributed by atoms with Gasteiger partial charge in [-0.25, -0.2) is 4.79 Å². The predicted molar refractivity (Wildman–Crippen MR) is 86.3 cm³/mol. The van der Waals surface area contributed by atoms with E-state index in [1.807, 2.05) is 13.8 Å². The second-order valence-corrected chi connectivity index (χ2v) is 6.96. The van der Waals surface area contributed by atoms with Crippen molar-refractivity contribution in [2.75, 3.05) is 13.2 Å². The number of allylic oxidation sites excluding steroid dienone is 2. The van der Waals surface area contributed by atoms with Gasteiger partial charge in [-0.15, -0.1) is 0 Å². The monoisotopic (exact) mass is 333 g/mol. The van der Waals surface area contributed by atoms with Gasteiger partial charge in [-0.3, -0.25) is 10.0 Å². The fourth-order valence-electron chi connectivity index (χ4n) is 4.03. The van der Waals surface area contributed by atoms with Crippen molar-refractivity contribution in [2.45, 2.75) is 46.1 Å². The molecule has 130 valence electrons. The van der Waals surface area contributed by atoms with Crippen LogP contribution in [0.3, 0.4) is 0 Å². The summed E-state index contributed by atoms with van der Waals surface area (Å²) in [7, 11) is 0. The van der Waals surface area contributed by atoms with Crippen LogP contribution in [0.4, 0.5) is 4.79 Å². The van der Waals surface area contributed by atoms with Crippen molar-refractivity contribution in [3.63, 3.8) is 0 Å². The van der Waals surface area contributed by atoms with Crippen molar-refractivity contribution < 1.29 is 24.6 Å². The quantitative estimate of drug-likeness (QED) is 0.612. The Morgan fingerprint density at radius 1 is 1.38 bits per heavy atom. The van der Waals surface area contributed by atoms with E-state index in [1.54, 1.807) is 19.9 Å². The molecule has 0 aliphatic heterocycles. The Morgan fingerprint density at radius 3 is 2.54 bits per heavy atom. The number of hydroxylamine groups is 2. The van der Waals surface area contributed by atoms with E-state index < -0.39 is 17.1 Å². The number of hydrogen-bond acceptors (Lipinski definition) is 5. The summed E-state index contributed by atoms with van der Waals surface area (Å²) in [6, 6.07) is 0. The molecule has 0 bridgehead atoms. The van der Waals surface area contributed by atoms with Gasteiger partial charge in [0, 0.05) is 11.0 Å². The molecule has 0 aromatic carbocycles. The summed E-state index contributed by atoms with van der Waals surface area (Å²) >= 11 is 0. The summed E-state index contributed by atoms with van der Waals surface area (Å²) in [6.45, 7) is 7.14. The van der Waals surface area contributed by atoms with Crippen LogP contribution >= 0.6 is 0 Å². The van der Waals surface area contributed by atoms with Crippen LogP contribution in [0.2, 0.25) is 0 Å². The first-order chi connectivity index (χ1) is 11.2. The lowest BCUT2D eigenvalue weighted by Gasteiger charge is -2.39. The lowest BCUT2D eigenvalue weighted by molar-refractivity contribution is -0.137. The average molecular weight is 333 g/mol. The zero-order valence-corrected chi connectivity index (χ0v) is 14.5. The van der Waals surface area contributed by atoms with Crippen molar-refractivity contribution in [1.82, 2.24) is 5.06 Å². The molecule has 0 unspecified atom stereocenters. The molecule has 3 rings (SSSR count). The normalized spacial score (nSPS) is 27.4. The second-order valence-electron chi connectivity index (χ2n) is 6.96. The molecule has 1 spiro atoms. The molecule has 0 heterocycles. The number of nitrogens with zero attached hydrogens (tertiary/aromatic N) is 1. The summed E-state index contributed by atoms with van der Waals surface area (Å²) in [4.78, 5) is 24.5. The van der Waals surface area contributed by atoms with Gasteiger partial charge in [0.25, 0.3) is 0 Å². The number of aliphatic hydroxyl groups is 1. The standard InChI is InChI=1S/C18H23NO5/c1-5-24-16(21)19(23)9-13-10(2)8-12-14(13)11(3)18(6-7-18)17(4,22)15(12)20/h8,22-23H,5-7,9H2,1-4H3/t17-/m0/s1. The van der Waals surface area contributed by atoms with Crippen LogP contribution in [-0.2, 0) is 9.53 Å². The maximum Gasteiger partial charge on any atom is 0.434 e. The molecule has 3 aliphatic rings. The molecule has 0 aromatic heterocycles. The van der Waals surface area contributed by atoms with Crippen LogP contribution in [0, 0.1) is 5.41 Å². The number of hydrogen-bond donors (Lipinski definition) is 2. The smallest absolute Gasteiger partial charge is 0.434 e. The Morgan fingerprint density at radius 2 is 2.00 bits per heavy atom. The Labute approximate surface area is 141 Å². The molecule has 2 N–H and O–H groups in total. The highest BCUT2D eigenvalue weighted by atomic mass is 16.6. The maximum absolute atomic E-state index is 12.8. The number of carbonyl (C=O) groups excluding carboxylic acids is 2. The van der Waals surface area contributed by atoms with E-state index >= 15 is 0 Å². The van der Waals surface area contributed by atoms with E-state index in [0.29, 0.717) is 10.6 Å². The number of Topliss-reactive ketones (excluding diaryl/α,β-unsaturated/α-hetero) is 1. The SMILES string of the molecule is CCOC(=O)N(O)CC1=C(C)C=C2C(=O)[C@](C)(O)C3(CC3)C(C)=C21. The largest absolute Gasteiger partial charge is 0.448 e. The minimum atomic E-state index is -1.40. The van der Waals surface area contributed by atoms with E-state index in [0.717, 1.165) is 35.1 Å². The van der Waals surface area contributed by atoms with Gasteiger partial charge in [-0.2, -0.15) is 5.06 Å². The van der Waals surface area contributed by atoms with Crippen LogP contribution in [0.5, 0.6) is 0 Å². The van der Waals surface area contributed by atoms with E-state index in [1.165, 1.54) is 0 Å². The van der Waals surface area contributed by atoms with Gasteiger partial charge >= 0.3 is 6.09 Å². The fraction of sp³-hybridized carbons (Fsp3) is 0.556. The Bertz CT molecular complexity index is 722. The maximum atomic E-state index is 12.8. The highest BCUT2D eigenvalue weighted by molar-refractivity contribution is 6.10. The van der Waals surface area contributed by atoms with Gasteiger partial charge in [-0.05, 0) is 63.3 Å². The lowest BCUT2D eigenvalue weighted by Crippen LogP contribution is -2.49. The van der Waals surface area contributed by atoms with Crippen LogP contribution in [0.1, 0.15) is 40.5 Å². The molecule has 0 saturated heterocycles. The zero-order chi connectivity index (χ0) is 17.9. The highest BCUT2D eigenvalue weighted by Crippen LogP contribution is 2.64. The third kappa shape index (κ3) is 2.09. The molecular formula is C18H23NO5. The number of amides is 1. The molecule has 1 fully saturated rings. The number of carbonyl (C=O) groups is 2. The van der Waals surface area contributed by atoms with Crippen LogP contribution < -0.4 is 0 Å². The van der Waals surface area contributed by atoms with E-state index in [4.69, 9.17) is 4.74 Å². The molecule has 6 nitrogen and oxygen atoms in total. The lowest BCUT2D eigenvalue weighted by atomic mass is 9.67. The fourth-order valence-corrected chi connectivity index (χ4v) is 4.03. The molecule has 6 heteroatoms. The minimum Gasteiger partial charge on any atom is -0.448 e. The Kier molecular flexibility index (Phi) is 3.73. The Balaban J connectivity index is 1.99. The zero-order valence-electron chi connectivity index (χ0n) is 14.5. The van der Waals surface area contributed by atoms with Gasteiger partial charge in [0.1, 0.15) is 5.60 Å². The average Bonchev–Trinajstić information content (AvgIpc) is 3.27. The molecule has 0 aromatic rings. The number of ether oxygens (including phenoxy) is 1. The first kappa shape index (κ1) is 16.9. The topological polar surface area (TPSA) is 87.1 Å². The van der Waals surface area contributed by atoms with Crippen LogP contribution in [-0.4, -0.2) is 46.0 Å². The number of ketones is 1. The van der Waals surface area contributed by atoms with Crippen molar-refractivity contribution in [3.8, 4) is 0 Å². The molecule has 1 amide bonds. The summed E-state index contributed by atoms with van der Waals surface area (Å²) in [6.07, 6.45) is 2.45. The third-order valence-corrected chi connectivity index (χ3v) is 5.66. The van der Waals surface area contributed by atoms with Gasteiger partial charge < -0.3 is 9.84 Å². The molecule has 3 aliphatic carbocycles. The van der Waals surface area contributed by atoms with Gasteiger partial charge in [-0.1, -0.05) is 5.57 Å². The van der Waals surface area contributed by atoms with E-state index in [-0.39, 0.29) is 18.9 Å². The molecular weight excluding hydrogens is 310 g/mol. The molecule has 1 saturated carbocycles. The van der Waals surface area contributed by atoms with Crippen molar-refractivity contribution in [2.24, 2.45) is 5.41 Å². The van der Waals surface area contributed by atoms with E-state index in [9.17, 15) is 19.9 Å². The molecule has 0 radical (unpaired) electrons. The molecule has 1 atom stereocenters. The van der Waals surface area contributed by atoms with Crippen LogP contribution in [0.25, 0.3) is 0 Å². The summed E-state index contributed by atoms with van der Waals surface area (Å²) in [5.41, 5.74) is 1.82. The number of rotatable bonds is 3. The Hall–Kier alpha value is -1.92. The van der Waals surface area contributed by atoms with Gasteiger partial charge in [0.15, 0.2) is 5.78 Å². The van der Waals surface area contributed by atoms with Gasteiger partial charge in [0.2, 0.25) is 0 Å². The van der Waals surface area contributed by atoms with Crippen LogP contribution in [0.15, 0.2) is 33.9 Å². The first-order valence-electron chi connectivity index (χ1n) is 8.21. The summed E-state index contributed by atoms with van der Waals surface area (Å²) in [5, 5.41) is 21.3. The van der Waals surface area contributed by atoms with Crippen molar-refractivity contribution >= 4 is 11.9 Å².